The van der Waals surface area contributed by atoms with Gasteiger partial charge in [0, 0.05) is 25.2 Å². The van der Waals surface area contributed by atoms with E-state index in [0.717, 1.165) is 42.0 Å². The number of hydrogen-bond donors (Lipinski definition) is 2. The number of hydroxylamine groups is 1. The molecule has 1 unspecified atom stereocenters. The molecule has 0 saturated carbocycles. The Hall–Kier alpha value is -2.53. The number of carbonyl (C=O) groups is 1. The fraction of sp³-hybridized carbons (Fsp3) is 0.350. The van der Waals surface area contributed by atoms with Crippen molar-refractivity contribution in [3.8, 4) is 5.75 Å². The normalized spacial score (nSPS) is 17.1. The van der Waals surface area contributed by atoms with Gasteiger partial charge in [0.15, 0.2) is 0 Å². The Balaban J connectivity index is 1.66. The van der Waals surface area contributed by atoms with Gasteiger partial charge < -0.3 is 9.64 Å². The molecule has 5 heteroatoms. The standard InChI is InChI=1S/C20H22N2O3/c23-20(21-24)19(16-5-8-18-15(13-16)9-12-25-18)14-3-6-17(7-4-14)22-10-1-2-11-22/h3-8,13,19,24H,1-2,9-12H2,(H,21,23). The second-order valence-electron chi connectivity index (χ2n) is 6.66. The summed E-state index contributed by atoms with van der Waals surface area (Å²) in [4.78, 5) is 14.7. The predicted molar refractivity (Wildman–Crippen MR) is 95.3 cm³/mol. The van der Waals surface area contributed by atoms with E-state index in [0.29, 0.717) is 6.61 Å². The summed E-state index contributed by atoms with van der Waals surface area (Å²) in [6.07, 6.45) is 3.31. The highest BCUT2D eigenvalue weighted by Crippen LogP contribution is 2.33. The number of anilines is 1. The fourth-order valence-electron chi connectivity index (χ4n) is 3.80. The van der Waals surface area contributed by atoms with Crippen molar-refractivity contribution in [2.45, 2.75) is 25.2 Å². The van der Waals surface area contributed by atoms with E-state index in [1.807, 2.05) is 35.8 Å². The van der Waals surface area contributed by atoms with Crippen molar-refractivity contribution in [1.82, 2.24) is 5.48 Å². The first-order chi connectivity index (χ1) is 12.3. The molecule has 0 aliphatic carbocycles. The van der Waals surface area contributed by atoms with Crippen molar-refractivity contribution in [1.29, 1.82) is 0 Å². The molecule has 4 rings (SSSR count). The molecule has 2 aromatic carbocycles. The van der Waals surface area contributed by atoms with Gasteiger partial charge in [-0.15, -0.1) is 0 Å². The summed E-state index contributed by atoms with van der Waals surface area (Å²) in [6.45, 7) is 2.86. The summed E-state index contributed by atoms with van der Waals surface area (Å²) >= 11 is 0. The number of hydrogen-bond acceptors (Lipinski definition) is 4. The van der Waals surface area contributed by atoms with Crippen LogP contribution in [0.5, 0.6) is 5.75 Å². The van der Waals surface area contributed by atoms with Crippen LogP contribution >= 0.6 is 0 Å². The number of nitrogens with one attached hydrogen (secondary N) is 1. The highest BCUT2D eigenvalue weighted by atomic mass is 16.5. The molecule has 25 heavy (non-hydrogen) atoms. The third kappa shape index (κ3) is 3.07. The van der Waals surface area contributed by atoms with E-state index < -0.39 is 11.8 Å². The summed E-state index contributed by atoms with van der Waals surface area (Å²) in [7, 11) is 0. The SMILES string of the molecule is O=C(NO)C(c1ccc(N2CCCC2)cc1)c1ccc2c(c1)CCO2. The van der Waals surface area contributed by atoms with Gasteiger partial charge in [0.2, 0.25) is 0 Å². The van der Waals surface area contributed by atoms with Crippen LogP contribution in [0, 0.1) is 0 Å². The Morgan fingerprint density at radius 2 is 1.80 bits per heavy atom. The number of rotatable bonds is 4. The molecule has 1 saturated heterocycles. The first-order valence-electron chi connectivity index (χ1n) is 8.81. The first-order valence-corrected chi connectivity index (χ1v) is 8.81. The highest BCUT2D eigenvalue weighted by Gasteiger charge is 2.25. The summed E-state index contributed by atoms with van der Waals surface area (Å²) in [5.74, 6) is -0.0763. The topological polar surface area (TPSA) is 61.8 Å². The second kappa shape index (κ2) is 6.76. The summed E-state index contributed by atoms with van der Waals surface area (Å²) in [5, 5.41) is 9.22. The Morgan fingerprint density at radius 1 is 1.08 bits per heavy atom. The van der Waals surface area contributed by atoms with Crippen LogP contribution in [0.2, 0.25) is 0 Å². The molecule has 2 N–H and O–H groups in total. The van der Waals surface area contributed by atoms with Gasteiger partial charge in [0.1, 0.15) is 5.75 Å². The predicted octanol–water partition coefficient (Wildman–Crippen LogP) is 2.86. The number of benzene rings is 2. The van der Waals surface area contributed by atoms with Gasteiger partial charge in [-0.25, -0.2) is 5.48 Å². The summed E-state index contributed by atoms with van der Waals surface area (Å²) < 4.78 is 5.54. The number of nitrogens with zero attached hydrogens (tertiary/aromatic N) is 1. The molecule has 0 radical (unpaired) electrons. The first kappa shape index (κ1) is 16.0. The van der Waals surface area contributed by atoms with Gasteiger partial charge in [-0.3, -0.25) is 10.0 Å². The zero-order chi connectivity index (χ0) is 17.2. The third-order valence-electron chi connectivity index (χ3n) is 5.12. The van der Waals surface area contributed by atoms with Crippen molar-refractivity contribution in [3.63, 3.8) is 0 Å². The van der Waals surface area contributed by atoms with Crippen molar-refractivity contribution in [3.05, 3.63) is 59.2 Å². The molecular formula is C20H22N2O3. The Labute approximate surface area is 147 Å². The van der Waals surface area contributed by atoms with E-state index in [1.165, 1.54) is 18.5 Å². The number of carbonyl (C=O) groups excluding carboxylic acids is 1. The van der Waals surface area contributed by atoms with Gasteiger partial charge in [-0.1, -0.05) is 24.3 Å². The maximum atomic E-state index is 12.4. The van der Waals surface area contributed by atoms with Crippen LogP contribution in [0.1, 0.15) is 35.4 Å². The number of fused-ring (bicyclic) bond motifs is 1. The lowest BCUT2D eigenvalue weighted by atomic mass is 9.89. The zero-order valence-corrected chi connectivity index (χ0v) is 14.1. The molecule has 130 valence electrons. The monoisotopic (exact) mass is 338 g/mol. The van der Waals surface area contributed by atoms with Crippen molar-refractivity contribution in [2.24, 2.45) is 0 Å². The van der Waals surface area contributed by atoms with Crippen molar-refractivity contribution < 1.29 is 14.7 Å². The molecule has 0 spiro atoms. The molecule has 2 heterocycles. The molecule has 1 amide bonds. The van der Waals surface area contributed by atoms with E-state index in [1.54, 1.807) is 0 Å². The van der Waals surface area contributed by atoms with Gasteiger partial charge in [0.05, 0.1) is 12.5 Å². The lowest BCUT2D eigenvalue weighted by molar-refractivity contribution is -0.129. The maximum absolute atomic E-state index is 12.4. The molecule has 0 bridgehead atoms. The van der Waals surface area contributed by atoms with Gasteiger partial charge in [-0.05, 0) is 47.7 Å². The van der Waals surface area contributed by atoms with Crippen LogP contribution in [-0.2, 0) is 11.2 Å². The average Bonchev–Trinajstić information content (AvgIpc) is 3.33. The molecule has 2 aliphatic heterocycles. The molecule has 1 fully saturated rings. The average molecular weight is 338 g/mol. The Bertz CT molecular complexity index is 767. The van der Waals surface area contributed by atoms with Crippen molar-refractivity contribution >= 4 is 11.6 Å². The molecule has 2 aromatic rings. The number of ether oxygens (including phenoxy) is 1. The van der Waals surface area contributed by atoms with E-state index in [-0.39, 0.29) is 0 Å². The van der Waals surface area contributed by atoms with Crippen LogP contribution in [0.4, 0.5) is 5.69 Å². The molecule has 1 atom stereocenters. The van der Waals surface area contributed by atoms with Crippen LogP contribution in [-0.4, -0.2) is 30.8 Å². The smallest absolute Gasteiger partial charge is 0.255 e. The van der Waals surface area contributed by atoms with Crippen LogP contribution in [0.25, 0.3) is 0 Å². The van der Waals surface area contributed by atoms with E-state index in [4.69, 9.17) is 4.74 Å². The molecule has 5 nitrogen and oxygen atoms in total. The van der Waals surface area contributed by atoms with Gasteiger partial charge in [-0.2, -0.15) is 0 Å². The van der Waals surface area contributed by atoms with Crippen molar-refractivity contribution in [2.75, 3.05) is 24.6 Å². The lowest BCUT2D eigenvalue weighted by Gasteiger charge is -2.20. The van der Waals surface area contributed by atoms with Crippen LogP contribution in [0.15, 0.2) is 42.5 Å². The minimum Gasteiger partial charge on any atom is -0.493 e. The van der Waals surface area contributed by atoms with Crippen LogP contribution < -0.4 is 15.1 Å². The summed E-state index contributed by atoms with van der Waals surface area (Å²) in [5.41, 5.74) is 5.85. The van der Waals surface area contributed by atoms with E-state index in [9.17, 15) is 10.0 Å². The van der Waals surface area contributed by atoms with E-state index >= 15 is 0 Å². The maximum Gasteiger partial charge on any atom is 0.255 e. The fourth-order valence-corrected chi connectivity index (χ4v) is 3.80. The highest BCUT2D eigenvalue weighted by molar-refractivity contribution is 5.86. The molecule has 2 aliphatic rings. The van der Waals surface area contributed by atoms with E-state index in [2.05, 4.69) is 17.0 Å². The molecular weight excluding hydrogens is 316 g/mol. The Kier molecular flexibility index (Phi) is 4.32. The van der Waals surface area contributed by atoms with Gasteiger partial charge >= 0.3 is 0 Å². The third-order valence-corrected chi connectivity index (χ3v) is 5.12. The largest absolute Gasteiger partial charge is 0.493 e. The molecule has 0 aromatic heterocycles. The zero-order valence-electron chi connectivity index (χ0n) is 14.1. The lowest BCUT2D eigenvalue weighted by Crippen LogP contribution is -2.27. The Morgan fingerprint density at radius 3 is 2.52 bits per heavy atom. The minimum atomic E-state index is -0.538. The minimum absolute atomic E-state index is 0.423. The number of amides is 1. The quantitative estimate of drug-likeness (QED) is 0.665. The van der Waals surface area contributed by atoms with Gasteiger partial charge in [0.25, 0.3) is 5.91 Å². The summed E-state index contributed by atoms with van der Waals surface area (Å²) in [6, 6.07) is 13.9. The second-order valence-corrected chi connectivity index (χ2v) is 6.66. The van der Waals surface area contributed by atoms with Crippen LogP contribution in [0.3, 0.4) is 0 Å².